The van der Waals surface area contributed by atoms with E-state index in [1.54, 1.807) is 11.3 Å². The molecular formula is C17H31N3S. The third-order valence-corrected chi connectivity index (χ3v) is 5.37. The van der Waals surface area contributed by atoms with Crippen molar-refractivity contribution in [3.05, 3.63) is 16.1 Å². The summed E-state index contributed by atoms with van der Waals surface area (Å²) in [6.45, 7) is 14.9. The Morgan fingerprint density at radius 3 is 2.71 bits per heavy atom. The maximum absolute atomic E-state index is 4.61. The van der Waals surface area contributed by atoms with Crippen LogP contribution in [0.4, 0.5) is 0 Å². The highest BCUT2D eigenvalue weighted by molar-refractivity contribution is 7.09. The smallest absolute Gasteiger partial charge is 0.0940 e. The maximum Gasteiger partial charge on any atom is 0.0940 e. The predicted octanol–water partition coefficient (Wildman–Crippen LogP) is 3.34. The second-order valence-electron chi connectivity index (χ2n) is 7.17. The van der Waals surface area contributed by atoms with Crippen molar-refractivity contribution in [2.75, 3.05) is 19.6 Å². The number of hydrogen-bond donors (Lipinski definition) is 1. The predicted molar refractivity (Wildman–Crippen MR) is 92.0 cm³/mol. The molecule has 120 valence electrons. The van der Waals surface area contributed by atoms with E-state index in [9.17, 15) is 0 Å². The Bertz CT molecular complexity index is 427. The molecule has 0 amide bonds. The van der Waals surface area contributed by atoms with Gasteiger partial charge in [-0.2, -0.15) is 0 Å². The fourth-order valence-corrected chi connectivity index (χ4v) is 4.06. The number of aromatic nitrogens is 1. The van der Waals surface area contributed by atoms with Crippen molar-refractivity contribution in [3.63, 3.8) is 0 Å². The highest BCUT2D eigenvalue weighted by Gasteiger charge is 2.29. The summed E-state index contributed by atoms with van der Waals surface area (Å²) >= 11 is 1.81. The van der Waals surface area contributed by atoms with Gasteiger partial charge in [0.05, 0.1) is 5.01 Å². The molecule has 2 rings (SSSR count). The average Bonchev–Trinajstić information content (AvgIpc) is 2.81. The molecule has 0 bridgehead atoms. The Morgan fingerprint density at radius 2 is 2.14 bits per heavy atom. The molecule has 1 N–H and O–H groups in total. The second-order valence-corrected chi connectivity index (χ2v) is 8.12. The molecule has 1 aliphatic heterocycles. The van der Waals surface area contributed by atoms with E-state index in [1.165, 1.54) is 18.0 Å². The molecule has 1 fully saturated rings. The third-order valence-electron chi connectivity index (χ3n) is 4.34. The molecule has 0 saturated carbocycles. The van der Waals surface area contributed by atoms with Crippen LogP contribution >= 0.6 is 11.3 Å². The Morgan fingerprint density at radius 1 is 1.38 bits per heavy atom. The minimum absolute atomic E-state index is 0.651. The Kier molecular flexibility index (Phi) is 6.20. The molecule has 1 aromatic rings. The Balaban J connectivity index is 1.93. The van der Waals surface area contributed by atoms with Crippen LogP contribution in [-0.2, 0) is 6.42 Å². The van der Waals surface area contributed by atoms with Crippen molar-refractivity contribution in [3.8, 4) is 0 Å². The van der Waals surface area contributed by atoms with E-state index in [1.807, 2.05) is 0 Å². The minimum Gasteiger partial charge on any atom is -0.311 e. The molecule has 3 nitrogen and oxygen atoms in total. The summed E-state index contributed by atoms with van der Waals surface area (Å²) < 4.78 is 0. The van der Waals surface area contributed by atoms with E-state index in [0.717, 1.165) is 31.1 Å². The first-order valence-electron chi connectivity index (χ1n) is 8.34. The topological polar surface area (TPSA) is 28.2 Å². The SMILES string of the molecule is Cc1csc(CCN2CC(CC(C)C)NCC2C(C)C)n1. The normalized spacial score (nSPS) is 24.1. The van der Waals surface area contributed by atoms with Crippen LogP contribution in [0.2, 0.25) is 0 Å². The molecule has 0 spiro atoms. The van der Waals surface area contributed by atoms with Gasteiger partial charge in [-0.05, 0) is 25.2 Å². The maximum atomic E-state index is 4.61. The van der Waals surface area contributed by atoms with Crippen molar-refractivity contribution in [1.82, 2.24) is 15.2 Å². The molecule has 1 saturated heterocycles. The van der Waals surface area contributed by atoms with Crippen LogP contribution in [0.25, 0.3) is 0 Å². The van der Waals surface area contributed by atoms with Crippen LogP contribution in [0, 0.1) is 18.8 Å². The van der Waals surface area contributed by atoms with Gasteiger partial charge in [-0.15, -0.1) is 11.3 Å². The fraction of sp³-hybridized carbons (Fsp3) is 0.824. The van der Waals surface area contributed by atoms with Gasteiger partial charge in [0.2, 0.25) is 0 Å². The lowest BCUT2D eigenvalue weighted by Crippen LogP contribution is -2.58. The molecule has 2 heterocycles. The van der Waals surface area contributed by atoms with E-state index in [-0.39, 0.29) is 0 Å². The molecule has 2 unspecified atom stereocenters. The highest BCUT2D eigenvalue weighted by Crippen LogP contribution is 2.19. The summed E-state index contributed by atoms with van der Waals surface area (Å²) in [4.78, 5) is 7.31. The summed E-state index contributed by atoms with van der Waals surface area (Å²) in [6, 6.07) is 1.31. The van der Waals surface area contributed by atoms with Crippen LogP contribution in [0.15, 0.2) is 5.38 Å². The van der Waals surface area contributed by atoms with Crippen molar-refractivity contribution in [2.45, 2.75) is 59.5 Å². The van der Waals surface area contributed by atoms with Gasteiger partial charge >= 0.3 is 0 Å². The standard InChI is InChI=1S/C17H31N3S/c1-12(2)8-15-10-20(16(9-18-15)13(3)4)7-6-17-19-14(5)11-21-17/h11-13,15-16,18H,6-10H2,1-5H3. The van der Waals surface area contributed by atoms with Crippen molar-refractivity contribution in [1.29, 1.82) is 0 Å². The van der Waals surface area contributed by atoms with Crippen LogP contribution in [0.5, 0.6) is 0 Å². The molecular weight excluding hydrogens is 278 g/mol. The summed E-state index contributed by atoms with van der Waals surface area (Å²) in [5, 5.41) is 7.21. The van der Waals surface area contributed by atoms with Crippen molar-refractivity contribution < 1.29 is 0 Å². The molecule has 0 radical (unpaired) electrons. The number of thiazole rings is 1. The highest BCUT2D eigenvalue weighted by atomic mass is 32.1. The first kappa shape index (κ1) is 16.9. The van der Waals surface area contributed by atoms with E-state index in [0.29, 0.717) is 18.0 Å². The van der Waals surface area contributed by atoms with Crippen LogP contribution < -0.4 is 5.32 Å². The summed E-state index contributed by atoms with van der Waals surface area (Å²) in [7, 11) is 0. The molecule has 0 aromatic carbocycles. The third kappa shape index (κ3) is 5.04. The summed E-state index contributed by atoms with van der Waals surface area (Å²) in [5.41, 5.74) is 1.16. The Labute approximate surface area is 134 Å². The van der Waals surface area contributed by atoms with Crippen molar-refractivity contribution >= 4 is 11.3 Å². The number of nitrogens with zero attached hydrogens (tertiary/aromatic N) is 2. The van der Waals surface area contributed by atoms with E-state index < -0.39 is 0 Å². The van der Waals surface area contributed by atoms with E-state index in [4.69, 9.17) is 0 Å². The first-order valence-corrected chi connectivity index (χ1v) is 9.22. The lowest BCUT2D eigenvalue weighted by molar-refractivity contribution is 0.0934. The van der Waals surface area contributed by atoms with Gasteiger partial charge in [-0.3, -0.25) is 4.90 Å². The zero-order valence-electron chi connectivity index (χ0n) is 14.2. The minimum atomic E-state index is 0.651. The van der Waals surface area contributed by atoms with Gasteiger partial charge in [0.25, 0.3) is 0 Å². The molecule has 1 aromatic heterocycles. The van der Waals surface area contributed by atoms with Gasteiger partial charge in [0, 0.05) is 49.2 Å². The molecule has 0 aliphatic carbocycles. The fourth-order valence-electron chi connectivity index (χ4n) is 3.30. The lowest BCUT2D eigenvalue weighted by Gasteiger charge is -2.43. The lowest BCUT2D eigenvalue weighted by atomic mass is 9.95. The average molecular weight is 310 g/mol. The zero-order chi connectivity index (χ0) is 15.4. The van der Waals surface area contributed by atoms with Gasteiger partial charge in [0.1, 0.15) is 0 Å². The number of rotatable bonds is 6. The second kappa shape index (κ2) is 7.70. The Hall–Kier alpha value is -0.450. The quantitative estimate of drug-likeness (QED) is 0.873. The van der Waals surface area contributed by atoms with Crippen LogP contribution in [0.1, 0.15) is 44.8 Å². The number of piperazine rings is 1. The van der Waals surface area contributed by atoms with Gasteiger partial charge in [-0.1, -0.05) is 27.7 Å². The van der Waals surface area contributed by atoms with Gasteiger partial charge in [-0.25, -0.2) is 4.98 Å². The van der Waals surface area contributed by atoms with Crippen LogP contribution in [-0.4, -0.2) is 41.6 Å². The van der Waals surface area contributed by atoms with E-state index in [2.05, 4.69) is 55.2 Å². The first-order chi connectivity index (χ1) is 9.95. The van der Waals surface area contributed by atoms with E-state index >= 15 is 0 Å². The molecule has 2 atom stereocenters. The van der Waals surface area contributed by atoms with Crippen molar-refractivity contribution in [2.24, 2.45) is 11.8 Å². The monoisotopic (exact) mass is 309 g/mol. The molecule has 21 heavy (non-hydrogen) atoms. The number of nitrogens with one attached hydrogen (secondary N) is 1. The summed E-state index contributed by atoms with van der Waals surface area (Å²) in [6.07, 6.45) is 2.37. The zero-order valence-corrected chi connectivity index (χ0v) is 15.0. The summed E-state index contributed by atoms with van der Waals surface area (Å²) in [5.74, 6) is 1.47. The van der Waals surface area contributed by atoms with Gasteiger partial charge in [0.15, 0.2) is 0 Å². The largest absolute Gasteiger partial charge is 0.311 e. The molecule has 4 heteroatoms. The number of aryl methyl sites for hydroxylation is 1. The van der Waals surface area contributed by atoms with Gasteiger partial charge < -0.3 is 5.32 Å². The number of hydrogen-bond acceptors (Lipinski definition) is 4. The van der Waals surface area contributed by atoms with Crippen LogP contribution in [0.3, 0.4) is 0 Å². The molecule has 1 aliphatic rings.